The van der Waals surface area contributed by atoms with Crippen LogP contribution in [0.5, 0.6) is 0 Å². The van der Waals surface area contributed by atoms with E-state index in [1.807, 2.05) is 0 Å². The molecule has 0 aliphatic carbocycles. The predicted molar refractivity (Wildman–Crippen MR) is 63.1 cm³/mol. The molecule has 1 fully saturated rings. The van der Waals surface area contributed by atoms with Crippen LogP contribution in [0.4, 0.5) is 0 Å². The van der Waals surface area contributed by atoms with Crippen molar-refractivity contribution in [2.24, 2.45) is 0 Å². The van der Waals surface area contributed by atoms with Crippen LogP contribution in [0.25, 0.3) is 0 Å². The molecule has 0 bridgehead atoms. The Hall–Kier alpha value is -1.34. The van der Waals surface area contributed by atoms with Crippen molar-refractivity contribution in [3.05, 3.63) is 22.4 Å². The highest BCUT2D eigenvalue weighted by molar-refractivity contribution is 9.10. The molecule has 2 rings (SSSR count). The highest BCUT2D eigenvalue weighted by Crippen LogP contribution is 2.12. The smallest absolute Gasteiger partial charge is 0.286 e. The van der Waals surface area contributed by atoms with E-state index in [1.165, 1.54) is 0 Å². The first-order chi connectivity index (χ1) is 8.16. The lowest BCUT2D eigenvalue weighted by Gasteiger charge is -2.10. The number of hydrogen-bond donors (Lipinski definition) is 3. The molecule has 0 aromatic carbocycles. The van der Waals surface area contributed by atoms with Gasteiger partial charge in [-0.05, 0) is 34.8 Å². The van der Waals surface area contributed by atoms with E-state index in [0.29, 0.717) is 18.7 Å². The third kappa shape index (κ3) is 3.07. The molecule has 0 spiro atoms. The van der Waals surface area contributed by atoms with Gasteiger partial charge in [0.2, 0.25) is 0 Å². The van der Waals surface area contributed by atoms with E-state index >= 15 is 0 Å². The summed E-state index contributed by atoms with van der Waals surface area (Å²) in [6.07, 6.45) is 2.74. The zero-order valence-corrected chi connectivity index (χ0v) is 10.5. The molecule has 1 aliphatic rings. The van der Waals surface area contributed by atoms with Crippen molar-refractivity contribution in [1.29, 1.82) is 0 Å². The summed E-state index contributed by atoms with van der Waals surface area (Å²) >= 11 is 3.22. The van der Waals surface area contributed by atoms with Crippen molar-refractivity contribution in [2.75, 3.05) is 6.61 Å². The number of carbonyl (C=O) groups is 2. The van der Waals surface area contributed by atoms with Crippen LogP contribution in [0, 0.1) is 0 Å². The Labute approximate surface area is 106 Å². The molecule has 0 radical (unpaired) electrons. The molecular formula is C10H12BrN3O3. The van der Waals surface area contributed by atoms with Gasteiger partial charge in [-0.25, -0.2) is 0 Å². The molecule has 1 aromatic rings. The van der Waals surface area contributed by atoms with Gasteiger partial charge >= 0.3 is 0 Å². The van der Waals surface area contributed by atoms with Crippen LogP contribution in [0.1, 0.15) is 23.3 Å². The van der Waals surface area contributed by atoms with Gasteiger partial charge in [-0.3, -0.25) is 20.4 Å². The first-order valence-electron chi connectivity index (χ1n) is 5.22. The Morgan fingerprint density at radius 1 is 1.47 bits per heavy atom. The SMILES string of the molecule is O=C(NNC(=O)C1CCCO1)c1cc(Br)c[nH]1. The molecule has 1 aliphatic heterocycles. The van der Waals surface area contributed by atoms with Gasteiger partial charge in [0.25, 0.3) is 11.8 Å². The molecule has 3 N–H and O–H groups in total. The maximum absolute atomic E-state index is 11.6. The maximum atomic E-state index is 11.6. The molecular weight excluding hydrogens is 290 g/mol. The Morgan fingerprint density at radius 3 is 2.88 bits per heavy atom. The second kappa shape index (κ2) is 5.33. The number of amides is 2. The highest BCUT2D eigenvalue weighted by Gasteiger charge is 2.23. The van der Waals surface area contributed by atoms with Crippen molar-refractivity contribution >= 4 is 27.7 Å². The van der Waals surface area contributed by atoms with E-state index in [2.05, 4.69) is 31.8 Å². The van der Waals surface area contributed by atoms with Gasteiger partial charge < -0.3 is 9.72 Å². The Bertz CT molecular complexity index is 426. The van der Waals surface area contributed by atoms with Gasteiger partial charge in [0.15, 0.2) is 0 Å². The lowest BCUT2D eigenvalue weighted by Crippen LogP contribution is -2.46. The molecule has 92 valence electrons. The van der Waals surface area contributed by atoms with Gasteiger partial charge in [-0.2, -0.15) is 0 Å². The fraction of sp³-hybridized carbons (Fsp3) is 0.400. The third-order valence-electron chi connectivity index (χ3n) is 2.41. The standard InChI is InChI=1S/C10H12BrN3O3/c11-6-4-7(12-5-6)9(15)13-14-10(16)8-2-1-3-17-8/h4-5,8,12H,1-3H2,(H,13,15)(H,14,16). The Kier molecular flexibility index (Phi) is 3.80. The summed E-state index contributed by atoms with van der Waals surface area (Å²) in [6, 6.07) is 1.62. The maximum Gasteiger partial charge on any atom is 0.286 e. The first kappa shape index (κ1) is 12.1. The minimum Gasteiger partial charge on any atom is -0.368 e. The average molecular weight is 302 g/mol. The van der Waals surface area contributed by atoms with E-state index in [0.717, 1.165) is 10.9 Å². The van der Waals surface area contributed by atoms with Crippen LogP contribution in [0.2, 0.25) is 0 Å². The number of hydrogen-bond acceptors (Lipinski definition) is 3. The summed E-state index contributed by atoms with van der Waals surface area (Å²) in [4.78, 5) is 25.8. The molecule has 0 saturated carbocycles. The number of aromatic nitrogens is 1. The highest BCUT2D eigenvalue weighted by atomic mass is 79.9. The van der Waals surface area contributed by atoms with Crippen LogP contribution in [0.15, 0.2) is 16.7 Å². The predicted octanol–water partition coefficient (Wildman–Crippen LogP) is 0.717. The molecule has 17 heavy (non-hydrogen) atoms. The van der Waals surface area contributed by atoms with Gasteiger partial charge in [0, 0.05) is 17.3 Å². The van der Waals surface area contributed by atoms with Gasteiger partial charge in [-0.15, -0.1) is 0 Å². The number of nitrogens with one attached hydrogen (secondary N) is 3. The zero-order chi connectivity index (χ0) is 12.3. The Morgan fingerprint density at radius 2 is 2.29 bits per heavy atom. The third-order valence-corrected chi connectivity index (χ3v) is 2.87. The molecule has 7 heteroatoms. The van der Waals surface area contributed by atoms with Crippen LogP contribution in [-0.4, -0.2) is 29.5 Å². The van der Waals surface area contributed by atoms with Crippen LogP contribution in [0.3, 0.4) is 0 Å². The minimum absolute atomic E-state index is 0.318. The zero-order valence-electron chi connectivity index (χ0n) is 8.96. The number of aromatic amines is 1. The van der Waals surface area contributed by atoms with E-state index in [9.17, 15) is 9.59 Å². The average Bonchev–Trinajstić information content (AvgIpc) is 2.95. The van der Waals surface area contributed by atoms with Crippen molar-refractivity contribution < 1.29 is 14.3 Å². The van der Waals surface area contributed by atoms with Crippen molar-refractivity contribution in [2.45, 2.75) is 18.9 Å². The first-order valence-corrected chi connectivity index (χ1v) is 6.02. The van der Waals surface area contributed by atoms with Gasteiger partial charge in [0.05, 0.1) is 0 Å². The molecule has 6 nitrogen and oxygen atoms in total. The number of rotatable bonds is 2. The van der Waals surface area contributed by atoms with E-state index in [-0.39, 0.29) is 5.91 Å². The second-order valence-corrected chi connectivity index (χ2v) is 4.59. The van der Waals surface area contributed by atoms with E-state index in [1.54, 1.807) is 12.3 Å². The molecule has 1 atom stereocenters. The minimum atomic E-state index is -0.453. The van der Waals surface area contributed by atoms with Crippen LogP contribution < -0.4 is 10.9 Å². The van der Waals surface area contributed by atoms with Crippen molar-refractivity contribution in [3.63, 3.8) is 0 Å². The van der Waals surface area contributed by atoms with Gasteiger partial charge in [0.1, 0.15) is 11.8 Å². The lowest BCUT2D eigenvalue weighted by atomic mass is 10.2. The normalized spacial score (nSPS) is 19.0. The molecule has 1 saturated heterocycles. The summed E-state index contributed by atoms with van der Waals surface area (Å²) in [5.41, 5.74) is 5.02. The summed E-state index contributed by atoms with van der Waals surface area (Å²) < 4.78 is 5.95. The van der Waals surface area contributed by atoms with E-state index in [4.69, 9.17) is 4.74 Å². The number of H-pyrrole nitrogens is 1. The molecule has 2 amide bonds. The molecule has 1 aromatic heterocycles. The van der Waals surface area contributed by atoms with Crippen LogP contribution in [-0.2, 0) is 9.53 Å². The summed E-state index contributed by atoms with van der Waals surface area (Å²) in [5, 5.41) is 0. The summed E-state index contributed by atoms with van der Waals surface area (Å²) in [7, 11) is 0. The topological polar surface area (TPSA) is 83.2 Å². The van der Waals surface area contributed by atoms with Crippen molar-refractivity contribution in [1.82, 2.24) is 15.8 Å². The largest absolute Gasteiger partial charge is 0.368 e. The van der Waals surface area contributed by atoms with Crippen molar-refractivity contribution in [3.8, 4) is 0 Å². The fourth-order valence-electron chi connectivity index (χ4n) is 1.55. The summed E-state index contributed by atoms with van der Waals surface area (Å²) in [5.74, 6) is -0.719. The number of halogens is 1. The van der Waals surface area contributed by atoms with E-state index < -0.39 is 12.0 Å². The van der Waals surface area contributed by atoms with Gasteiger partial charge in [-0.1, -0.05) is 0 Å². The number of carbonyl (C=O) groups excluding carboxylic acids is 2. The molecule has 2 heterocycles. The lowest BCUT2D eigenvalue weighted by molar-refractivity contribution is -0.130. The number of ether oxygens (including phenoxy) is 1. The Balaban J connectivity index is 1.81. The summed E-state index contributed by atoms with van der Waals surface area (Å²) in [6.45, 7) is 0.593. The van der Waals surface area contributed by atoms with Crippen LogP contribution >= 0.6 is 15.9 Å². The number of hydrazine groups is 1. The monoisotopic (exact) mass is 301 g/mol. The quantitative estimate of drug-likeness (QED) is 0.704. The fourth-order valence-corrected chi connectivity index (χ4v) is 1.89. The molecule has 1 unspecified atom stereocenters. The second-order valence-electron chi connectivity index (χ2n) is 3.68.